The Kier molecular flexibility index (Phi) is 5.36. The number of methoxy groups -OCH3 is 1. The van der Waals surface area contributed by atoms with E-state index in [2.05, 4.69) is 5.32 Å². The molecule has 6 nitrogen and oxygen atoms in total. The number of benzene rings is 2. The van der Waals surface area contributed by atoms with E-state index in [9.17, 15) is 9.59 Å². The molecule has 150 valence electrons. The van der Waals surface area contributed by atoms with Crippen LogP contribution in [-0.4, -0.2) is 32.8 Å². The molecule has 29 heavy (non-hydrogen) atoms. The molecule has 0 saturated carbocycles. The van der Waals surface area contributed by atoms with Gasteiger partial charge in [0.15, 0.2) is 0 Å². The van der Waals surface area contributed by atoms with Gasteiger partial charge in [-0.25, -0.2) is 4.79 Å². The predicted octanol–water partition coefficient (Wildman–Crippen LogP) is 3.28. The van der Waals surface area contributed by atoms with Crippen LogP contribution in [0.1, 0.15) is 28.8 Å². The summed E-state index contributed by atoms with van der Waals surface area (Å²) in [5.74, 6) is 0.359. The first kappa shape index (κ1) is 19.2. The van der Waals surface area contributed by atoms with Crippen LogP contribution < -0.4 is 15.7 Å². The molecule has 1 saturated heterocycles. The fourth-order valence-corrected chi connectivity index (χ4v) is 3.84. The average Bonchev–Trinajstić information content (AvgIpc) is 2.77. The van der Waals surface area contributed by atoms with Gasteiger partial charge in [0.05, 0.1) is 7.11 Å². The van der Waals surface area contributed by atoms with Crippen LogP contribution in [-0.2, 0) is 10.2 Å². The van der Waals surface area contributed by atoms with Crippen LogP contribution in [0.4, 0.5) is 0 Å². The lowest BCUT2D eigenvalue weighted by Crippen LogP contribution is -2.45. The number of hydrogen-bond acceptors (Lipinski definition) is 5. The molecule has 1 aliphatic heterocycles. The third kappa shape index (κ3) is 3.89. The zero-order valence-corrected chi connectivity index (χ0v) is 16.3. The van der Waals surface area contributed by atoms with Gasteiger partial charge in [-0.3, -0.25) is 4.79 Å². The molecule has 0 bridgehead atoms. The number of para-hydroxylation sites is 1. The van der Waals surface area contributed by atoms with E-state index in [4.69, 9.17) is 13.9 Å². The molecule has 1 N–H and O–H groups in total. The Balaban J connectivity index is 1.58. The average molecular weight is 393 g/mol. The Morgan fingerprint density at radius 3 is 2.55 bits per heavy atom. The van der Waals surface area contributed by atoms with E-state index in [-0.39, 0.29) is 11.0 Å². The van der Waals surface area contributed by atoms with Crippen molar-refractivity contribution in [2.75, 3.05) is 26.9 Å². The lowest BCUT2D eigenvalue weighted by atomic mass is 9.74. The Hall–Kier alpha value is -3.12. The van der Waals surface area contributed by atoms with Crippen molar-refractivity contribution < 1.29 is 18.7 Å². The molecule has 0 unspecified atom stereocenters. The van der Waals surface area contributed by atoms with Gasteiger partial charge >= 0.3 is 5.63 Å². The Morgan fingerprint density at radius 2 is 1.83 bits per heavy atom. The maximum Gasteiger partial charge on any atom is 0.349 e. The molecule has 0 aliphatic carbocycles. The van der Waals surface area contributed by atoms with Gasteiger partial charge in [-0.1, -0.05) is 30.3 Å². The highest BCUT2D eigenvalue weighted by Crippen LogP contribution is 2.35. The summed E-state index contributed by atoms with van der Waals surface area (Å²) in [7, 11) is 1.63. The fraction of sp³-hybridized carbons (Fsp3) is 0.304. The number of ether oxygens (including phenoxy) is 2. The Bertz CT molecular complexity index is 1060. The van der Waals surface area contributed by atoms with Gasteiger partial charge < -0.3 is 19.2 Å². The normalized spacial score (nSPS) is 15.8. The Morgan fingerprint density at radius 1 is 1.10 bits per heavy atom. The molecule has 2 aromatic carbocycles. The summed E-state index contributed by atoms with van der Waals surface area (Å²) in [6, 6.07) is 16.6. The number of rotatable bonds is 5. The molecular formula is C23H23NO5. The van der Waals surface area contributed by atoms with Crippen LogP contribution >= 0.6 is 0 Å². The van der Waals surface area contributed by atoms with E-state index in [1.54, 1.807) is 25.3 Å². The van der Waals surface area contributed by atoms with Crippen molar-refractivity contribution in [3.63, 3.8) is 0 Å². The highest BCUT2D eigenvalue weighted by molar-refractivity contribution is 5.96. The van der Waals surface area contributed by atoms with Crippen molar-refractivity contribution >= 4 is 16.9 Å². The van der Waals surface area contributed by atoms with E-state index in [0.717, 1.165) is 24.2 Å². The van der Waals surface area contributed by atoms with Crippen molar-refractivity contribution in [3.05, 3.63) is 76.1 Å². The van der Waals surface area contributed by atoms with Crippen molar-refractivity contribution in [1.29, 1.82) is 0 Å². The molecule has 6 heteroatoms. The monoisotopic (exact) mass is 393 g/mol. The third-order valence-electron chi connectivity index (χ3n) is 5.63. The number of carbonyl (C=O) groups is 1. The van der Waals surface area contributed by atoms with Gasteiger partial charge in [-0.2, -0.15) is 0 Å². The quantitative estimate of drug-likeness (QED) is 0.673. The zero-order valence-electron chi connectivity index (χ0n) is 16.3. The second-order valence-corrected chi connectivity index (χ2v) is 7.29. The number of nitrogens with one attached hydrogen (secondary N) is 1. The smallest absolute Gasteiger partial charge is 0.349 e. The summed E-state index contributed by atoms with van der Waals surface area (Å²) in [4.78, 5) is 25.1. The molecule has 1 fully saturated rings. The molecule has 0 spiro atoms. The van der Waals surface area contributed by atoms with Gasteiger partial charge in [-0.05, 0) is 42.7 Å². The molecular weight excluding hydrogens is 370 g/mol. The van der Waals surface area contributed by atoms with Crippen LogP contribution in [0, 0.1) is 0 Å². The molecule has 2 heterocycles. The molecule has 1 aliphatic rings. The van der Waals surface area contributed by atoms with Crippen molar-refractivity contribution in [1.82, 2.24) is 5.32 Å². The summed E-state index contributed by atoms with van der Waals surface area (Å²) in [6.07, 6.45) is 1.57. The van der Waals surface area contributed by atoms with E-state index in [1.165, 1.54) is 0 Å². The maximum absolute atomic E-state index is 12.8. The van der Waals surface area contributed by atoms with Gasteiger partial charge in [0.25, 0.3) is 5.91 Å². The van der Waals surface area contributed by atoms with Gasteiger partial charge in [0.2, 0.25) is 0 Å². The number of hydrogen-bond donors (Lipinski definition) is 1. The molecule has 1 aromatic heterocycles. The lowest BCUT2D eigenvalue weighted by Gasteiger charge is -2.38. The molecule has 1 amide bonds. The molecule has 0 radical (unpaired) electrons. The summed E-state index contributed by atoms with van der Waals surface area (Å²) in [6.45, 7) is 1.66. The fourth-order valence-electron chi connectivity index (χ4n) is 3.84. The van der Waals surface area contributed by atoms with E-state index in [1.807, 2.05) is 36.4 Å². The van der Waals surface area contributed by atoms with Gasteiger partial charge in [0, 0.05) is 30.6 Å². The molecule has 4 rings (SSSR count). The number of carbonyl (C=O) groups excluding carboxylic acids is 1. The number of amides is 1. The first-order valence-corrected chi connectivity index (χ1v) is 9.65. The van der Waals surface area contributed by atoms with Crippen molar-refractivity contribution in [3.8, 4) is 5.75 Å². The molecule has 0 atom stereocenters. The first-order valence-electron chi connectivity index (χ1n) is 9.65. The van der Waals surface area contributed by atoms with Gasteiger partial charge in [0.1, 0.15) is 16.9 Å². The largest absolute Gasteiger partial charge is 0.497 e. The van der Waals surface area contributed by atoms with Crippen molar-refractivity contribution in [2.24, 2.45) is 0 Å². The predicted molar refractivity (Wildman–Crippen MR) is 110 cm³/mol. The first-order chi connectivity index (χ1) is 14.1. The topological polar surface area (TPSA) is 77.8 Å². The second kappa shape index (κ2) is 8.09. The summed E-state index contributed by atoms with van der Waals surface area (Å²) in [5.41, 5.74) is 0.713. The minimum Gasteiger partial charge on any atom is -0.497 e. The number of fused-ring (bicyclic) bond motifs is 1. The second-order valence-electron chi connectivity index (χ2n) is 7.29. The standard InChI is InChI=1S/C23H23NO5/c1-27-18-8-6-17(7-9-18)23(10-12-28-13-11-23)15-24-21(25)19-14-16-4-2-3-5-20(16)29-22(19)26/h2-9,14H,10-13,15H2,1H3,(H,24,25). The SMILES string of the molecule is COc1ccc(C2(CNC(=O)c3cc4ccccc4oc3=O)CCOCC2)cc1. The highest BCUT2D eigenvalue weighted by Gasteiger charge is 2.35. The lowest BCUT2D eigenvalue weighted by molar-refractivity contribution is 0.0486. The van der Waals surface area contributed by atoms with E-state index >= 15 is 0 Å². The van der Waals surface area contributed by atoms with E-state index in [0.29, 0.717) is 30.7 Å². The third-order valence-corrected chi connectivity index (χ3v) is 5.63. The van der Waals surface area contributed by atoms with Crippen molar-refractivity contribution in [2.45, 2.75) is 18.3 Å². The summed E-state index contributed by atoms with van der Waals surface area (Å²) < 4.78 is 16.1. The highest BCUT2D eigenvalue weighted by atomic mass is 16.5. The zero-order chi connectivity index (χ0) is 20.3. The summed E-state index contributed by atoms with van der Waals surface area (Å²) >= 11 is 0. The van der Waals surface area contributed by atoms with Gasteiger partial charge in [-0.15, -0.1) is 0 Å². The maximum atomic E-state index is 12.8. The van der Waals surface area contributed by atoms with Crippen LogP contribution in [0.5, 0.6) is 5.75 Å². The van der Waals surface area contributed by atoms with E-state index < -0.39 is 11.5 Å². The molecule has 3 aromatic rings. The minimum atomic E-state index is -0.633. The van der Waals surface area contributed by atoms with Crippen LogP contribution in [0.15, 0.2) is 63.8 Å². The minimum absolute atomic E-state index is 0.0145. The Labute approximate surface area is 168 Å². The van der Waals surface area contributed by atoms with Crippen LogP contribution in [0.2, 0.25) is 0 Å². The van der Waals surface area contributed by atoms with Crippen LogP contribution in [0.3, 0.4) is 0 Å². The summed E-state index contributed by atoms with van der Waals surface area (Å²) in [5, 5.41) is 3.67. The van der Waals surface area contributed by atoms with Crippen LogP contribution in [0.25, 0.3) is 11.0 Å².